The smallest absolute Gasteiger partial charge is 0.226 e. The van der Waals surface area contributed by atoms with Crippen LogP contribution in [0.4, 0.5) is 4.39 Å². The van der Waals surface area contributed by atoms with Gasteiger partial charge in [0, 0.05) is 42.0 Å². The Morgan fingerprint density at radius 2 is 1.88 bits per heavy atom. The first-order chi connectivity index (χ1) is 15.6. The predicted octanol–water partition coefficient (Wildman–Crippen LogP) is 3.12. The second kappa shape index (κ2) is 8.84. The van der Waals surface area contributed by atoms with Gasteiger partial charge in [0.25, 0.3) is 0 Å². The fourth-order valence-corrected chi connectivity index (χ4v) is 4.56. The molecule has 2 aliphatic rings. The van der Waals surface area contributed by atoms with Crippen LogP contribution in [0.1, 0.15) is 36.4 Å². The average molecular weight is 435 g/mol. The van der Waals surface area contributed by atoms with Crippen molar-refractivity contribution in [3.8, 4) is 11.4 Å². The van der Waals surface area contributed by atoms with E-state index < -0.39 is 12.0 Å². The first kappa shape index (κ1) is 20.8. The molecule has 4 atom stereocenters. The van der Waals surface area contributed by atoms with E-state index in [0.717, 1.165) is 35.5 Å². The maximum absolute atomic E-state index is 13.2. The van der Waals surface area contributed by atoms with Crippen LogP contribution in [0.25, 0.3) is 11.4 Å². The highest BCUT2D eigenvalue weighted by Gasteiger charge is 2.47. The van der Waals surface area contributed by atoms with Crippen LogP contribution >= 0.6 is 0 Å². The lowest BCUT2D eigenvalue weighted by Crippen LogP contribution is -2.37. The molecule has 0 spiro atoms. The normalized spacial score (nSPS) is 25.1. The number of halogens is 1. The Morgan fingerprint density at radius 3 is 2.59 bits per heavy atom. The summed E-state index contributed by atoms with van der Waals surface area (Å²) >= 11 is 0. The lowest BCUT2D eigenvalue weighted by atomic mass is 9.96. The maximum Gasteiger partial charge on any atom is 0.226 e. The molecule has 7 heteroatoms. The van der Waals surface area contributed by atoms with Crippen molar-refractivity contribution in [2.24, 2.45) is 5.92 Å². The molecular weight excluding hydrogens is 407 g/mol. The Balaban J connectivity index is 1.37. The fourth-order valence-electron chi connectivity index (χ4n) is 4.56. The molecule has 1 aromatic heterocycles. The lowest BCUT2D eigenvalue weighted by molar-refractivity contribution is -0.127. The second-order valence-corrected chi connectivity index (χ2v) is 8.81. The van der Waals surface area contributed by atoms with Gasteiger partial charge >= 0.3 is 0 Å². The monoisotopic (exact) mass is 434 g/mol. The number of rotatable bonds is 7. The van der Waals surface area contributed by atoms with Crippen molar-refractivity contribution in [1.82, 2.24) is 20.6 Å². The molecule has 3 aromatic rings. The molecule has 4 N–H and O–H groups in total. The largest absolute Gasteiger partial charge is 0.392 e. The molecule has 0 aliphatic heterocycles. The van der Waals surface area contributed by atoms with Crippen molar-refractivity contribution in [2.45, 2.75) is 49.9 Å². The number of aliphatic hydroxyl groups excluding tert-OH is 1. The molecule has 0 saturated heterocycles. The third kappa shape index (κ3) is 4.45. The van der Waals surface area contributed by atoms with Gasteiger partial charge in [0.1, 0.15) is 11.6 Å². The number of amides is 1. The molecule has 0 radical (unpaired) electrons. The summed E-state index contributed by atoms with van der Waals surface area (Å²) < 4.78 is 13.2. The summed E-state index contributed by atoms with van der Waals surface area (Å²) in [6, 6.07) is 16.3. The summed E-state index contributed by atoms with van der Waals surface area (Å²) in [5.74, 6) is -0.425. The SMILES string of the molecule is O=C(NC1CC1)[C@H]1C[C@@H](NCc2ccc(F)cc2)[C@H](c2cnc(-c3ccccc3)[nH]2)[C@@H]1O. The number of aliphatic hydroxyl groups is 1. The summed E-state index contributed by atoms with van der Waals surface area (Å²) in [7, 11) is 0. The fraction of sp³-hybridized carbons (Fsp3) is 0.360. The number of nitrogens with one attached hydrogen (secondary N) is 3. The Bertz CT molecular complexity index is 1070. The summed E-state index contributed by atoms with van der Waals surface area (Å²) in [6.07, 6.45) is 3.45. The van der Waals surface area contributed by atoms with Gasteiger partial charge in [-0.1, -0.05) is 42.5 Å². The van der Waals surface area contributed by atoms with Crippen LogP contribution in [-0.2, 0) is 11.3 Å². The van der Waals surface area contributed by atoms with Crippen molar-refractivity contribution in [2.75, 3.05) is 0 Å². The van der Waals surface area contributed by atoms with Crippen molar-refractivity contribution >= 4 is 5.91 Å². The number of carbonyl (C=O) groups is 1. The van der Waals surface area contributed by atoms with Crippen molar-refractivity contribution in [3.63, 3.8) is 0 Å². The van der Waals surface area contributed by atoms with Crippen molar-refractivity contribution < 1.29 is 14.3 Å². The predicted molar refractivity (Wildman–Crippen MR) is 119 cm³/mol. The van der Waals surface area contributed by atoms with Gasteiger partial charge in [0.2, 0.25) is 5.91 Å². The molecule has 2 fully saturated rings. The molecule has 1 heterocycles. The van der Waals surface area contributed by atoms with E-state index in [1.54, 1.807) is 18.3 Å². The maximum atomic E-state index is 13.2. The average Bonchev–Trinajstić information content (AvgIpc) is 3.37. The first-order valence-corrected chi connectivity index (χ1v) is 11.1. The van der Waals surface area contributed by atoms with Gasteiger partial charge in [-0.25, -0.2) is 9.37 Å². The van der Waals surface area contributed by atoms with Crippen molar-refractivity contribution in [3.05, 3.63) is 77.9 Å². The van der Waals surface area contributed by atoms with Crippen LogP contribution in [0.3, 0.4) is 0 Å². The molecule has 6 nitrogen and oxygen atoms in total. The zero-order chi connectivity index (χ0) is 22.1. The van der Waals surface area contributed by atoms with Gasteiger partial charge in [-0.2, -0.15) is 0 Å². The van der Waals surface area contributed by atoms with E-state index in [4.69, 9.17) is 0 Å². The number of H-pyrrole nitrogens is 1. The highest BCUT2D eigenvalue weighted by Crippen LogP contribution is 2.40. The Morgan fingerprint density at radius 1 is 1.12 bits per heavy atom. The molecule has 5 rings (SSSR count). The molecule has 32 heavy (non-hydrogen) atoms. The molecule has 0 bridgehead atoms. The Labute approximate surface area is 186 Å². The number of imidazole rings is 1. The van der Waals surface area contributed by atoms with Gasteiger partial charge in [0.05, 0.1) is 12.0 Å². The number of aromatic amines is 1. The van der Waals surface area contributed by atoms with Gasteiger partial charge < -0.3 is 20.7 Å². The van der Waals surface area contributed by atoms with Gasteiger partial charge in [-0.05, 0) is 37.0 Å². The zero-order valence-corrected chi connectivity index (χ0v) is 17.7. The zero-order valence-electron chi connectivity index (χ0n) is 17.7. The summed E-state index contributed by atoms with van der Waals surface area (Å²) in [4.78, 5) is 20.7. The number of benzene rings is 2. The minimum absolute atomic E-state index is 0.0844. The van der Waals surface area contributed by atoms with Crippen molar-refractivity contribution in [1.29, 1.82) is 0 Å². The molecular formula is C25H27FN4O2. The van der Waals surface area contributed by atoms with Gasteiger partial charge in [-0.15, -0.1) is 0 Å². The number of aromatic nitrogens is 2. The van der Waals surface area contributed by atoms with Crippen LogP contribution in [0, 0.1) is 11.7 Å². The second-order valence-electron chi connectivity index (χ2n) is 8.81. The molecule has 2 saturated carbocycles. The third-order valence-electron chi connectivity index (χ3n) is 6.47. The summed E-state index contributed by atoms with van der Waals surface area (Å²) in [5.41, 5.74) is 2.71. The highest BCUT2D eigenvalue weighted by atomic mass is 19.1. The van der Waals surface area contributed by atoms with Crippen LogP contribution in [0.15, 0.2) is 60.8 Å². The highest BCUT2D eigenvalue weighted by molar-refractivity contribution is 5.80. The molecule has 1 amide bonds. The minimum Gasteiger partial charge on any atom is -0.392 e. The van der Waals surface area contributed by atoms with Gasteiger partial charge in [-0.3, -0.25) is 4.79 Å². The van der Waals surface area contributed by atoms with Crippen LogP contribution < -0.4 is 10.6 Å². The standard InChI is InChI=1S/C25H27FN4O2/c26-17-8-6-15(7-9-17)13-27-20-12-19(25(32)29-18-10-11-18)23(31)22(20)21-14-28-24(30-21)16-4-2-1-3-5-16/h1-9,14,18-20,22-23,27,31H,10-13H2,(H,28,30)(H,29,32)/t19-,20+,22+,23+/m0/s1. The van der Waals surface area contributed by atoms with E-state index in [-0.39, 0.29) is 29.7 Å². The number of nitrogens with zero attached hydrogens (tertiary/aromatic N) is 1. The number of hydrogen-bond acceptors (Lipinski definition) is 4. The topological polar surface area (TPSA) is 90.0 Å². The molecule has 2 aromatic carbocycles. The van der Waals surface area contributed by atoms with Crippen LogP contribution in [0.2, 0.25) is 0 Å². The third-order valence-corrected chi connectivity index (χ3v) is 6.47. The van der Waals surface area contributed by atoms with E-state index in [2.05, 4.69) is 20.6 Å². The van der Waals surface area contributed by atoms with Crippen LogP contribution in [0.5, 0.6) is 0 Å². The Hall–Kier alpha value is -3.03. The molecule has 0 unspecified atom stereocenters. The molecule has 2 aliphatic carbocycles. The first-order valence-electron chi connectivity index (χ1n) is 11.1. The van der Waals surface area contributed by atoms with Gasteiger partial charge in [0.15, 0.2) is 0 Å². The quantitative estimate of drug-likeness (QED) is 0.460. The minimum atomic E-state index is -0.830. The Kier molecular flexibility index (Phi) is 5.76. The van der Waals surface area contributed by atoms with E-state index in [1.165, 1.54) is 12.1 Å². The summed E-state index contributed by atoms with van der Waals surface area (Å²) in [6.45, 7) is 0.519. The van der Waals surface area contributed by atoms with E-state index in [9.17, 15) is 14.3 Å². The molecule has 166 valence electrons. The number of carbonyl (C=O) groups excluding carboxylic acids is 1. The van der Waals surface area contributed by atoms with E-state index >= 15 is 0 Å². The van der Waals surface area contributed by atoms with Crippen LogP contribution in [-0.4, -0.2) is 39.2 Å². The summed E-state index contributed by atoms with van der Waals surface area (Å²) in [5, 5.41) is 17.7. The number of hydrogen-bond donors (Lipinski definition) is 4. The van der Waals surface area contributed by atoms with E-state index in [1.807, 2.05) is 30.3 Å². The lowest BCUT2D eigenvalue weighted by Gasteiger charge is -2.22. The van der Waals surface area contributed by atoms with E-state index in [0.29, 0.717) is 13.0 Å².